The highest BCUT2D eigenvalue weighted by atomic mass is 32.2. The van der Waals surface area contributed by atoms with Gasteiger partial charge >= 0.3 is 0 Å². The quantitative estimate of drug-likeness (QED) is 0.627. The van der Waals surface area contributed by atoms with Gasteiger partial charge in [0.25, 0.3) is 0 Å². The molecule has 0 unspecified atom stereocenters. The van der Waals surface area contributed by atoms with E-state index in [0.717, 1.165) is 55.7 Å². The van der Waals surface area contributed by atoms with Gasteiger partial charge < -0.3 is 10.6 Å². The molecule has 4 rings (SSSR count). The molecule has 1 saturated heterocycles. The molecule has 6 nitrogen and oxygen atoms in total. The van der Waals surface area contributed by atoms with Gasteiger partial charge in [0.05, 0.1) is 11.4 Å². The molecule has 1 aliphatic carbocycles. The number of hydrogen-bond donors (Lipinski definition) is 2. The molecule has 1 aliphatic heterocycles. The number of nitrogens with zero attached hydrogens (tertiary/aromatic N) is 1. The van der Waals surface area contributed by atoms with Gasteiger partial charge in [0.1, 0.15) is 0 Å². The average Bonchev–Trinajstić information content (AvgIpc) is 2.75. The van der Waals surface area contributed by atoms with Crippen molar-refractivity contribution in [3.8, 4) is 0 Å². The molecule has 0 atom stereocenters. The Balaban J connectivity index is 1.57. The van der Waals surface area contributed by atoms with Gasteiger partial charge in [-0.05, 0) is 76.3 Å². The van der Waals surface area contributed by atoms with E-state index in [1.165, 1.54) is 4.31 Å². The topological polar surface area (TPSA) is 78.5 Å². The highest BCUT2D eigenvalue weighted by Gasteiger charge is 2.39. The second-order valence-corrected chi connectivity index (χ2v) is 13.3. The fourth-order valence-electron chi connectivity index (χ4n) is 6.08. The third-order valence-corrected chi connectivity index (χ3v) is 9.06. The number of benzene rings is 2. The van der Waals surface area contributed by atoms with Crippen LogP contribution in [-0.4, -0.2) is 48.3 Å². The third kappa shape index (κ3) is 5.81. The van der Waals surface area contributed by atoms with Crippen LogP contribution in [0.15, 0.2) is 47.4 Å². The van der Waals surface area contributed by atoms with Gasteiger partial charge in [-0.25, -0.2) is 8.42 Å². The van der Waals surface area contributed by atoms with E-state index < -0.39 is 10.0 Å². The molecule has 2 aliphatic rings. The normalized spacial score (nSPS) is 21.6. The summed E-state index contributed by atoms with van der Waals surface area (Å²) < 4.78 is 29.2. The van der Waals surface area contributed by atoms with E-state index in [2.05, 4.69) is 38.3 Å². The molecule has 0 spiro atoms. The van der Waals surface area contributed by atoms with Gasteiger partial charge in [-0.3, -0.25) is 4.79 Å². The molecule has 2 N–H and O–H groups in total. The van der Waals surface area contributed by atoms with Crippen molar-refractivity contribution in [2.24, 2.45) is 0 Å². The summed E-state index contributed by atoms with van der Waals surface area (Å²) in [6.45, 7) is 8.44. The summed E-state index contributed by atoms with van der Waals surface area (Å²) >= 11 is 0. The first-order valence-electron chi connectivity index (χ1n) is 12.5. The van der Waals surface area contributed by atoms with Crippen molar-refractivity contribution in [1.29, 1.82) is 0 Å². The van der Waals surface area contributed by atoms with Crippen LogP contribution in [0.5, 0.6) is 0 Å². The summed E-state index contributed by atoms with van der Waals surface area (Å²) in [5, 5.41) is 8.68. The van der Waals surface area contributed by atoms with Crippen LogP contribution < -0.4 is 10.6 Å². The number of carbonyl (C=O) groups excluding carboxylic acids is 1. The van der Waals surface area contributed by atoms with Crippen molar-refractivity contribution in [3.05, 3.63) is 42.5 Å². The Morgan fingerprint density at radius 1 is 0.971 bits per heavy atom. The molecule has 7 heteroatoms. The summed E-state index contributed by atoms with van der Waals surface area (Å²) in [6.07, 6.45) is 6.32. The maximum atomic E-state index is 13.8. The second-order valence-electron chi connectivity index (χ2n) is 11.4. The number of amides is 1. The van der Waals surface area contributed by atoms with Crippen molar-refractivity contribution < 1.29 is 13.2 Å². The second kappa shape index (κ2) is 9.59. The van der Waals surface area contributed by atoms with Crippen LogP contribution in [0.1, 0.15) is 72.6 Å². The molecular formula is C27H39N3O3S. The summed E-state index contributed by atoms with van der Waals surface area (Å²) in [6, 6.07) is 12.9. The van der Waals surface area contributed by atoms with Crippen LogP contribution in [0.2, 0.25) is 0 Å². The van der Waals surface area contributed by atoms with Gasteiger partial charge in [0.2, 0.25) is 15.9 Å². The van der Waals surface area contributed by atoms with Gasteiger partial charge in [-0.15, -0.1) is 0 Å². The van der Waals surface area contributed by atoms with E-state index in [1.807, 2.05) is 30.3 Å². The Hall–Kier alpha value is -1.96. The Kier molecular flexibility index (Phi) is 7.09. The summed E-state index contributed by atoms with van der Waals surface area (Å²) in [7, 11) is -3.81. The van der Waals surface area contributed by atoms with Crippen molar-refractivity contribution in [2.75, 3.05) is 6.54 Å². The Labute approximate surface area is 204 Å². The molecule has 2 fully saturated rings. The van der Waals surface area contributed by atoms with E-state index in [-0.39, 0.29) is 40.5 Å². The van der Waals surface area contributed by atoms with E-state index in [0.29, 0.717) is 0 Å². The highest BCUT2D eigenvalue weighted by Crippen LogP contribution is 2.31. The number of nitrogens with one attached hydrogen (secondary N) is 2. The molecule has 34 heavy (non-hydrogen) atoms. The Bertz CT molecular complexity index is 1120. The van der Waals surface area contributed by atoms with E-state index in [4.69, 9.17) is 0 Å². The summed E-state index contributed by atoms with van der Waals surface area (Å²) in [4.78, 5) is 13.5. The van der Waals surface area contributed by atoms with Crippen molar-refractivity contribution >= 4 is 26.7 Å². The first-order chi connectivity index (χ1) is 16.0. The van der Waals surface area contributed by atoms with Crippen LogP contribution in [0, 0.1) is 0 Å². The lowest BCUT2D eigenvalue weighted by Crippen LogP contribution is -2.62. The zero-order valence-electron chi connectivity index (χ0n) is 20.9. The fraction of sp³-hybridized carbons (Fsp3) is 0.593. The minimum absolute atomic E-state index is 0.00956. The molecule has 1 heterocycles. The lowest BCUT2D eigenvalue weighted by Gasteiger charge is -2.46. The van der Waals surface area contributed by atoms with Crippen LogP contribution in [-0.2, 0) is 14.8 Å². The third-order valence-electron chi connectivity index (χ3n) is 7.16. The largest absolute Gasteiger partial charge is 0.352 e. The monoisotopic (exact) mass is 485 g/mol. The standard InChI is InChI=1S/C27H39N3O3S/c1-26(2)17-22(18-27(3,4)29-26)28-25(31)19-30(23-12-6-5-7-13-23)34(32,33)24-15-14-20-10-8-9-11-21(20)16-24/h8-11,14-16,22-23,29H,5-7,12-13,17-19H2,1-4H3,(H,28,31). The van der Waals surface area contributed by atoms with Crippen LogP contribution >= 0.6 is 0 Å². The maximum Gasteiger partial charge on any atom is 0.243 e. The molecule has 0 aromatic heterocycles. The number of fused-ring (bicyclic) bond motifs is 1. The SMILES string of the molecule is CC1(C)CC(NC(=O)CN(C2CCCCC2)S(=O)(=O)c2ccc3ccccc3c2)CC(C)(C)N1. The van der Waals surface area contributed by atoms with Gasteiger partial charge in [0, 0.05) is 23.2 Å². The van der Waals surface area contributed by atoms with Gasteiger partial charge in [-0.1, -0.05) is 49.6 Å². The number of sulfonamides is 1. The zero-order valence-corrected chi connectivity index (χ0v) is 21.7. The summed E-state index contributed by atoms with van der Waals surface area (Å²) in [5.41, 5.74) is -0.195. The molecule has 1 saturated carbocycles. The fourth-order valence-corrected chi connectivity index (χ4v) is 7.76. The van der Waals surface area contributed by atoms with E-state index in [9.17, 15) is 13.2 Å². The van der Waals surface area contributed by atoms with E-state index >= 15 is 0 Å². The number of hydrogen-bond acceptors (Lipinski definition) is 4. The van der Waals surface area contributed by atoms with Crippen molar-refractivity contribution in [3.63, 3.8) is 0 Å². The molecule has 2 aromatic rings. The van der Waals surface area contributed by atoms with Crippen LogP contribution in [0.3, 0.4) is 0 Å². The molecule has 2 aromatic carbocycles. The Morgan fingerprint density at radius 3 is 2.24 bits per heavy atom. The van der Waals surface area contributed by atoms with Crippen molar-refractivity contribution in [1.82, 2.24) is 14.9 Å². The lowest BCUT2D eigenvalue weighted by molar-refractivity contribution is -0.123. The number of rotatable bonds is 6. The Morgan fingerprint density at radius 2 is 1.59 bits per heavy atom. The van der Waals surface area contributed by atoms with Gasteiger partial charge in [-0.2, -0.15) is 4.31 Å². The molecule has 186 valence electrons. The minimum Gasteiger partial charge on any atom is -0.352 e. The highest BCUT2D eigenvalue weighted by molar-refractivity contribution is 7.89. The first kappa shape index (κ1) is 25.1. The average molecular weight is 486 g/mol. The molecular weight excluding hydrogens is 446 g/mol. The molecule has 1 amide bonds. The predicted octanol–water partition coefficient (Wildman–Crippen LogP) is 4.59. The van der Waals surface area contributed by atoms with Crippen LogP contribution in [0.4, 0.5) is 0 Å². The van der Waals surface area contributed by atoms with Crippen LogP contribution in [0.25, 0.3) is 10.8 Å². The first-order valence-corrected chi connectivity index (χ1v) is 14.0. The zero-order chi connectivity index (χ0) is 24.6. The molecule has 0 bridgehead atoms. The number of carbonyl (C=O) groups is 1. The number of piperidine rings is 1. The van der Waals surface area contributed by atoms with E-state index in [1.54, 1.807) is 12.1 Å². The predicted molar refractivity (Wildman–Crippen MR) is 137 cm³/mol. The molecule has 0 radical (unpaired) electrons. The maximum absolute atomic E-state index is 13.8. The van der Waals surface area contributed by atoms with Crippen molar-refractivity contribution in [2.45, 2.75) is 101 Å². The van der Waals surface area contributed by atoms with Gasteiger partial charge in [0.15, 0.2) is 0 Å². The smallest absolute Gasteiger partial charge is 0.243 e. The summed E-state index contributed by atoms with van der Waals surface area (Å²) in [5.74, 6) is -0.214. The minimum atomic E-state index is -3.81. The lowest BCUT2D eigenvalue weighted by atomic mass is 9.79.